The summed E-state index contributed by atoms with van der Waals surface area (Å²) in [4.78, 5) is 0. The number of aliphatic hydroxyl groups excluding tert-OH is 1. The van der Waals surface area contributed by atoms with E-state index in [-0.39, 0.29) is 12.2 Å². The van der Waals surface area contributed by atoms with E-state index >= 15 is 0 Å². The normalized spacial score (nSPS) is 31.6. The fourth-order valence-electron chi connectivity index (χ4n) is 1.93. The standard InChI is InChI=1S/C10H21NO2/c1-8(12)7-13-10-5-3-2-4-9(10)6-11/h8-10,12H,2-7,11H2,1H3. The van der Waals surface area contributed by atoms with Gasteiger partial charge in [0.2, 0.25) is 0 Å². The summed E-state index contributed by atoms with van der Waals surface area (Å²) < 4.78 is 5.62. The van der Waals surface area contributed by atoms with Gasteiger partial charge in [0, 0.05) is 0 Å². The monoisotopic (exact) mass is 187 g/mol. The van der Waals surface area contributed by atoms with Crippen molar-refractivity contribution >= 4 is 0 Å². The molecule has 0 saturated heterocycles. The van der Waals surface area contributed by atoms with Gasteiger partial charge >= 0.3 is 0 Å². The number of hydrogen-bond acceptors (Lipinski definition) is 3. The molecule has 0 radical (unpaired) electrons. The third kappa shape index (κ3) is 3.63. The van der Waals surface area contributed by atoms with Crippen molar-refractivity contribution in [3.8, 4) is 0 Å². The van der Waals surface area contributed by atoms with Crippen LogP contribution in [-0.2, 0) is 4.74 Å². The maximum atomic E-state index is 9.09. The molecule has 3 atom stereocenters. The Morgan fingerprint density at radius 1 is 1.46 bits per heavy atom. The van der Waals surface area contributed by atoms with Gasteiger partial charge in [-0.3, -0.25) is 0 Å². The van der Waals surface area contributed by atoms with Crippen LogP contribution in [0.5, 0.6) is 0 Å². The van der Waals surface area contributed by atoms with E-state index in [0.29, 0.717) is 19.1 Å². The molecular weight excluding hydrogens is 166 g/mol. The summed E-state index contributed by atoms with van der Waals surface area (Å²) >= 11 is 0. The lowest BCUT2D eigenvalue weighted by Crippen LogP contribution is -2.34. The second kappa shape index (κ2) is 5.58. The summed E-state index contributed by atoms with van der Waals surface area (Å²) in [6, 6.07) is 0. The quantitative estimate of drug-likeness (QED) is 0.687. The van der Waals surface area contributed by atoms with Crippen molar-refractivity contribution in [1.29, 1.82) is 0 Å². The molecule has 3 unspecified atom stereocenters. The summed E-state index contributed by atoms with van der Waals surface area (Å²) in [5.41, 5.74) is 5.66. The third-order valence-corrected chi connectivity index (χ3v) is 2.69. The van der Waals surface area contributed by atoms with Gasteiger partial charge in [-0.1, -0.05) is 12.8 Å². The minimum Gasteiger partial charge on any atom is -0.391 e. The highest BCUT2D eigenvalue weighted by molar-refractivity contribution is 4.76. The van der Waals surface area contributed by atoms with E-state index in [1.165, 1.54) is 19.3 Å². The molecule has 0 aromatic heterocycles. The van der Waals surface area contributed by atoms with Crippen LogP contribution in [0.3, 0.4) is 0 Å². The fraction of sp³-hybridized carbons (Fsp3) is 1.00. The predicted octanol–water partition coefficient (Wildman–Crippen LogP) is 0.901. The summed E-state index contributed by atoms with van der Waals surface area (Å²) in [5.74, 6) is 0.507. The first-order chi connectivity index (χ1) is 6.24. The van der Waals surface area contributed by atoms with E-state index in [9.17, 15) is 0 Å². The van der Waals surface area contributed by atoms with Crippen LogP contribution in [0, 0.1) is 5.92 Å². The number of aliphatic hydroxyl groups is 1. The van der Waals surface area contributed by atoms with Crippen molar-refractivity contribution in [2.45, 2.75) is 44.8 Å². The maximum Gasteiger partial charge on any atom is 0.0745 e. The molecule has 1 fully saturated rings. The van der Waals surface area contributed by atoms with Crippen LogP contribution in [0.2, 0.25) is 0 Å². The lowest BCUT2D eigenvalue weighted by atomic mass is 9.86. The molecule has 0 spiro atoms. The SMILES string of the molecule is CC(O)COC1CCCCC1CN. The summed E-state index contributed by atoms with van der Waals surface area (Å²) in [7, 11) is 0. The first-order valence-electron chi connectivity index (χ1n) is 5.23. The van der Waals surface area contributed by atoms with Gasteiger partial charge < -0.3 is 15.6 Å². The van der Waals surface area contributed by atoms with Crippen molar-refractivity contribution in [2.24, 2.45) is 11.7 Å². The van der Waals surface area contributed by atoms with Gasteiger partial charge in [-0.2, -0.15) is 0 Å². The van der Waals surface area contributed by atoms with Crippen LogP contribution >= 0.6 is 0 Å². The minimum atomic E-state index is -0.361. The molecule has 1 rings (SSSR count). The second-order valence-electron chi connectivity index (χ2n) is 4.00. The highest BCUT2D eigenvalue weighted by atomic mass is 16.5. The van der Waals surface area contributed by atoms with E-state index in [1.54, 1.807) is 6.92 Å². The molecule has 13 heavy (non-hydrogen) atoms. The minimum absolute atomic E-state index is 0.286. The molecule has 0 heterocycles. The molecule has 0 aliphatic heterocycles. The lowest BCUT2D eigenvalue weighted by Gasteiger charge is -2.30. The first kappa shape index (κ1) is 11.0. The topological polar surface area (TPSA) is 55.5 Å². The van der Waals surface area contributed by atoms with Crippen LogP contribution in [0.25, 0.3) is 0 Å². The average Bonchev–Trinajstić information content (AvgIpc) is 2.15. The Labute approximate surface area is 80.3 Å². The van der Waals surface area contributed by atoms with E-state index in [4.69, 9.17) is 15.6 Å². The van der Waals surface area contributed by atoms with Crippen LogP contribution in [0.1, 0.15) is 32.6 Å². The van der Waals surface area contributed by atoms with Crippen LogP contribution < -0.4 is 5.73 Å². The van der Waals surface area contributed by atoms with E-state index in [1.807, 2.05) is 0 Å². The Morgan fingerprint density at radius 2 is 2.15 bits per heavy atom. The zero-order chi connectivity index (χ0) is 9.68. The number of nitrogens with two attached hydrogens (primary N) is 1. The molecule has 1 aliphatic carbocycles. The molecule has 0 amide bonds. The van der Waals surface area contributed by atoms with Crippen molar-refractivity contribution in [3.05, 3.63) is 0 Å². The van der Waals surface area contributed by atoms with Gasteiger partial charge in [0.15, 0.2) is 0 Å². The van der Waals surface area contributed by atoms with E-state index in [2.05, 4.69) is 0 Å². The van der Waals surface area contributed by atoms with Crippen LogP contribution in [0.15, 0.2) is 0 Å². The number of ether oxygens (including phenoxy) is 1. The predicted molar refractivity (Wildman–Crippen MR) is 52.4 cm³/mol. The molecule has 0 aromatic carbocycles. The smallest absolute Gasteiger partial charge is 0.0745 e. The lowest BCUT2D eigenvalue weighted by molar-refractivity contribution is -0.0432. The average molecular weight is 187 g/mol. The third-order valence-electron chi connectivity index (χ3n) is 2.69. The molecular formula is C10H21NO2. The van der Waals surface area contributed by atoms with Crippen molar-refractivity contribution in [1.82, 2.24) is 0 Å². The largest absolute Gasteiger partial charge is 0.391 e. The highest BCUT2D eigenvalue weighted by Gasteiger charge is 2.24. The fourth-order valence-corrected chi connectivity index (χ4v) is 1.93. The molecule has 1 saturated carbocycles. The van der Waals surface area contributed by atoms with Crippen LogP contribution in [-0.4, -0.2) is 30.5 Å². The summed E-state index contributed by atoms with van der Waals surface area (Å²) in [6.07, 6.45) is 4.72. The van der Waals surface area contributed by atoms with Gasteiger partial charge in [-0.15, -0.1) is 0 Å². The zero-order valence-electron chi connectivity index (χ0n) is 8.41. The van der Waals surface area contributed by atoms with Gasteiger partial charge in [0.1, 0.15) is 0 Å². The molecule has 1 aliphatic rings. The van der Waals surface area contributed by atoms with Crippen LogP contribution in [0.4, 0.5) is 0 Å². The van der Waals surface area contributed by atoms with E-state index < -0.39 is 0 Å². The molecule has 0 aromatic rings. The zero-order valence-corrected chi connectivity index (χ0v) is 8.41. The molecule has 3 heteroatoms. The Morgan fingerprint density at radius 3 is 2.77 bits per heavy atom. The molecule has 3 nitrogen and oxygen atoms in total. The number of rotatable bonds is 4. The maximum absolute atomic E-state index is 9.09. The van der Waals surface area contributed by atoms with Gasteiger partial charge in [0.05, 0.1) is 18.8 Å². The highest BCUT2D eigenvalue weighted by Crippen LogP contribution is 2.25. The first-order valence-corrected chi connectivity index (χ1v) is 5.23. The molecule has 3 N–H and O–H groups in total. The van der Waals surface area contributed by atoms with Crippen molar-refractivity contribution < 1.29 is 9.84 Å². The Balaban J connectivity index is 2.27. The van der Waals surface area contributed by atoms with Gasteiger partial charge in [-0.05, 0) is 32.2 Å². The molecule has 78 valence electrons. The second-order valence-corrected chi connectivity index (χ2v) is 4.00. The van der Waals surface area contributed by atoms with Gasteiger partial charge in [-0.25, -0.2) is 0 Å². The van der Waals surface area contributed by atoms with Crippen molar-refractivity contribution in [3.63, 3.8) is 0 Å². The Kier molecular flexibility index (Phi) is 4.70. The number of hydrogen-bond donors (Lipinski definition) is 2. The summed E-state index contributed by atoms with van der Waals surface area (Å²) in [5, 5.41) is 9.09. The Bertz CT molecular complexity index is 139. The van der Waals surface area contributed by atoms with Crippen molar-refractivity contribution in [2.75, 3.05) is 13.2 Å². The Hall–Kier alpha value is -0.120. The molecule has 0 bridgehead atoms. The van der Waals surface area contributed by atoms with E-state index in [0.717, 1.165) is 6.42 Å². The summed E-state index contributed by atoms with van der Waals surface area (Å²) in [6.45, 7) is 2.91. The van der Waals surface area contributed by atoms with Gasteiger partial charge in [0.25, 0.3) is 0 Å².